The number of nitrogens with one attached hydrogen (secondary N) is 2. The van der Waals surface area contributed by atoms with E-state index in [0.717, 1.165) is 22.3 Å². The molecule has 1 unspecified atom stereocenters. The van der Waals surface area contributed by atoms with Crippen molar-refractivity contribution in [2.45, 2.75) is 37.8 Å². The van der Waals surface area contributed by atoms with E-state index in [1.54, 1.807) is 13.8 Å². The summed E-state index contributed by atoms with van der Waals surface area (Å²) in [6.07, 6.45) is -1.61. The fraction of sp³-hybridized carbons (Fsp3) is 0.375. The lowest BCUT2D eigenvalue weighted by molar-refractivity contribution is -0.140. The third-order valence-electron chi connectivity index (χ3n) is 5.55. The Bertz CT molecular complexity index is 958. The number of benzene rings is 2. The molecule has 1 atom stereocenters. The maximum atomic E-state index is 12.5. The number of fused-ring (bicyclic) bond motifs is 3. The Labute approximate surface area is 186 Å². The van der Waals surface area contributed by atoms with Gasteiger partial charge >= 0.3 is 12.1 Å². The number of ether oxygens (including phenoxy) is 2. The zero-order valence-electron chi connectivity index (χ0n) is 18.4. The number of carboxylic acid groups (broad SMARTS) is 1. The fourth-order valence-electron chi connectivity index (χ4n) is 3.81. The van der Waals surface area contributed by atoms with Crippen LogP contribution in [0.15, 0.2) is 48.5 Å². The van der Waals surface area contributed by atoms with Crippen molar-refractivity contribution in [1.29, 1.82) is 0 Å². The van der Waals surface area contributed by atoms with Gasteiger partial charge in [0.25, 0.3) is 0 Å². The van der Waals surface area contributed by atoms with Crippen molar-refractivity contribution in [2.24, 2.45) is 0 Å². The molecule has 8 heteroatoms. The zero-order valence-corrected chi connectivity index (χ0v) is 18.4. The van der Waals surface area contributed by atoms with Gasteiger partial charge in [0.1, 0.15) is 12.1 Å². The summed E-state index contributed by atoms with van der Waals surface area (Å²) in [7, 11) is 1.37. The predicted molar refractivity (Wildman–Crippen MR) is 118 cm³/mol. The van der Waals surface area contributed by atoms with Crippen molar-refractivity contribution in [3.05, 3.63) is 59.7 Å². The summed E-state index contributed by atoms with van der Waals surface area (Å²) >= 11 is 0. The minimum Gasteiger partial charge on any atom is -0.481 e. The Morgan fingerprint density at radius 2 is 1.59 bits per heavy atom. The number of alkyl carbamates (subject to hydrolysis) is 1. The van der Waals surface area contributed by atoms with Gasteiger partial charge in [0, 0.05) is 19.6 Å². The number of amides is 2. The lowest BCUT2D eigenvalue weighted by atomic mass is 9.98. The average molecular weight is 440 g/mol. The number of methoxy groups -OCH3 is 1. The summed E-state index contributed by atoms with van der Waals surface area (Å²) in [6.45, 7) is 3.24. The first kappa shape index (κ1) is 23.3. The van der Waals surface area contributed by atoms with Crippen LogP contribution in [0.25, 0.3) is 11.1 Å². The molecule has 0 saturated carbocycles. The summed E-state index contributed by atoms with van der Waals surface area (Å²) in [5, 5.41) is 14.1. The molecule has 8 nitrogen and oxygen atoms in total. The Balaban J connectivity index is 1.57. The topological polar surface area (TPSA) is 114 Å². The van der Waals surface area contributed by atoms with Crippen molar-refractivity contribution in [2.75, 3.05) is 20.3 Å². The molecule has 0 spiro atoms. The van der Waals surface area contributed by atoms with E-state index in [1.807, 2.05) is 36.4 Å². The molecule has 2 aromatic carbocycles. The first-order valence-electron chi connectivity index (χ1n) is 10.4. The maximum Gasteiger partial charge on any atom is 0.408 e. The van der Waals surface area contributed by atoms with Crippen molar-refractivity contribution in [3.63, 3.8) is 0 Å². The van der Waals surface area contributed by atoms with E-state index >= 15 is 0 Å². The summed E-state index contributed by atoms with van der Waals surface area (Å²) in [4.78, 5) is 35.8. The molecule has 0 bridgehead atoms. The van der Waals surface area contributed by atoms with E-state index in [2.05, 4.69) is 22.8 Å². The summed E-state index contributed by atoms with van der Waals surface area (Å²) < 4.78 is 10.5. The minimum absolute atomic E-state index is 0.0113. The summed E-state index contributed by atoms with van der Waals surface area (Å²) in [5.74, 6) is -1.58. The van der Waals surface area contributed by atoms with Crippen LogP contribution >= 0.6 is 0 Å². The normalized spacial score (nSPS) is 13.6. The number of hydrogen-bond acceptors (Lipinski definition) is 5. The number of carbonyl (C=O) groups excluding carboxylic acids is 2. The molecule has 32 heavy (non-hydrogen) atoms. The third-order valence-corrected chi connectivity index (χ3v) is 5.55. The van der Waals surface area contributed by atoms with E-state index < -0.39 is 29.6 Å². The highest BCUT2D eigenvalue weighted by Crippen LogP contribution is 2.44. The van der Waals surface area contributed by atoms with Crippen molar-refractivity contribution < 1.29 is 29.0 Å². The van der Waals surface area contributed by atoms with Gasteiger partial charge in [-0.05, 0) is 36.1 Å². The molecule has 2 aromatic rings. The number of rotatable bonds is 9. The van der Waals surface area contributed by atoms with Crippen LogP contribution in [0, 0.1) is 0 Å². The number of aliphatic carboxylic acids is 1. The van der Waals surface area contributed by atoms with E-state index in [0.29, 0.717) is 0 Å². The van der Waals surface area contributed by atoms with Crippen LogP contribution < -0.4 is 10.6 Å². The average Bonchev–Trinajstić information content (AvgIpc) is 3.08. The standard InChI is InChI=1S/C24H28N2O6/c1-24(2,22(29)25-13-15(31-3)12-21(27)28)26-23(30)32-14-20-18-10-6-4-8-16(18)17-9-5-7-11-19(17)20/h4-11,15,20H,12-14H2,1-3H3,(H,25,29)(H,26,30)(H,27,28). The largest absolute Gasteiger partial charge is 0.481 e. The number of carboxylic acids is 1. The van der Waals surface area contributed by atoms with Gasteiger partial charge in [-0.1, -0.05) is 48.5 Å². The fourth-order valence-corrected chi connectivity index (χ4v) is 3.81. The first-order valence-corrected chi connectivity index (χ1v) is 10.4. The highest BCUT2D eigenvalue weighted by atomic mass is 16.5. The lowest BCUT2D eigenvalue weighted by Gasteiger charge is -2.26. The lowest BCUT2D eigenvalue weighted by Crippen LogP contribution is -2.56. The highest BCUT2D eigenvalue weighted by Gasteiger charge is 2.33. The summed E-state index contributed by atoms with van der Waals surface area (Å²) in [6, 6.07) is 16.1. The van der Waals surface area contributed by atoms with Gasteiger partial charge in [-0.2, -0.15) is 0 Å². The molecule has 0 aliphatic heterocycles. The minimum atomic E-state index is -1.26. The van der Waals surface area contributed by atoms with Crippen LogP contribution in [0.2, 0.25) is 0 Å². The second kappa shape index (κ2) is 9.82. The van der Waals surface area contributed by atoms with Crippen molar-refractivity contribution >= 4 is 18.0 Å². The van der Waals surface area contributed by atoms with Gasteiger partial charge in [0.15, 0.2) is 0 Å². The second-order valence-corrected chi connectivity index (χ2v) is 8.24. The molecule has 2 amide bonds. The molecular weight excluding hydrogens is 412 g/mol. The van der Waals surface area contributed by atoms with Crippen LogP contribution in [-0.2, 0) is 19.1 Å². The van der Waals surface area contributed by atoms with Gasteiger partial charge in [-0.3, -0.25) is 9.59 Å². The molecule has 3 N–H and O–H groups in total. The Morgan fingerprint density at radius 3 is 2.12 bits per heavy atom. The van der Waals surface area contributed by atoms with Crippen LogP contribution in [0.1, 0.15) is 37.3 Å². The second-order valence-electron chi connectivity index (χ2n) is 8.24. The van der Waals surface area contributed by atoms with Crippen LogP contribution in [-0.4, -0.2) is 55.0 Å². The summed E-state index contributed by atoms with van der Waals surface area (Å²) in [5.41, 5.74) is 3.20. The third kappa shape index (κ3) is 5.26. The van der Waals surface area contributed by atoms with Gasteiger partial charge in [-0.25, -0.2) is 4.79 Å². The number of carbonyl (C=O) groups is 3. The number of hydrogen-bond donors (Lipinski definition) is 3. The van der Waals surface area contributed by atoms with Crippen LogP contribution in [0.3, 0.4) is 0 Å². The zero-order chi connectivity index (χ0) is 23.3. The SMILES string of the molecule is COC(CNC(=O)C(C)(C)NC(=O)OCC1c2ccccc2-c2ccccc21)CC(=O)O. The Morgan fingerprint density at radius 1 is 1.03 bits per heavy atom. The van der Waals surface area contributed by atoms with E-state index in [4.69, 9.17) is 14.6 Å². The molecule has 0 saturated heterocycles. The van der Waals surface area contributed by atoms with E-state index in [1.165, 1.54) is 7.11 Å². The van der Waals surface area contributed by atoms with Gasteiger partial charge in [0.2, 0.25) is 5.91 Å². The molecule has 0 radical (unpaired) electrons. The smallest absolute Gasteiger partial charge is 0.408 e. The molecule has 0 fully saturated rings. The van der Waals surface area contributed by atoms with E-state index in [9.17, 15) is 14.4 Å². The van der Waals surface area contributed by atoms with Crippen LogP contribution in [0.4, 0.5) is 4.79 Å². The van der Waals surface area contributed by atoms with Crippen molar-refractivity contribution in [1.82, 2.24) is 10.6 Å². The molecule has 170 valence electrons. The van der Waals surface area contributed by atoms with Gasteiger partial charge in [0.05, 0.1) is 12.5 Å². The monoisotopic (exact) mass is 440 g/mol. The molecular formula is C24H28N2O6. The Kier molecular flexibility index (Phi) is 7.15. The van der Waals surface area contributed by atoms with Crippen LogP contribution in [0.5, 0.6) is 0 Å². The molecule has 1 aliphatic rings. The molecule has 0 aromatic heterocycles. The van der Waals surface area contributed by atoms with E-state index in [-0.39, 0.29) is 25.5 Å². The highest BCUT2D eigenvalue weighted by molar-refractivity contribution is 5.89. The first-order chi connectivity index (χ1) is 15.2. The maximum absolute atomic E-state index is 12.5. The molecule has 1 aliphatic carbocycles. The van der Waals surface area contributed by atoms with Gasteiger partial charge < -0.3 is 25.2 Å². The molecule has 3 rings (SSSR count). The quantitative estimate of drug-likeness (QED) is 0.553. The van der Waals surface area contributed by atoms with Crippen molar-refractivity contribution in [3.8, 4) is 11.1 Å². The Hall–Kier alpha value is -3.39. The van der Waals surface area contributed by atoms with Gasteiger partial charge in [-0.15, -0.1) is 0 Å². The molecule has 0 heterocycles. The predicted octanol–water partition coefficient (Wildman–Crippen LogP) is 2.91.